The quantitative estimate of drug-likeness (QED) is 0.474. The molecule has 0 fully saturated rings. The Balaban J connectivity index is 1.46. The second kappa shape index (κ2) is 9.30. The lowest BCUT2D eigenvalue weighted by molar-refractivity contribution is 0.0947. The molecule has 5 heteroatoms. The van der Waals surface area contributed by atoms with Gasteiger partial charge in [-0.05, 0) is 53.8 Å². The Kier molecular flexibility index (Phi) is 6.13. The van der Waals surface area contributed by atoms with Crippen molar-refractivity contribution in [3.05, 3.63) is 102 Å². The number of imidazole rings is 1. The first-order valence-electron chi connectivity index (χ1n) is 10.3. The maximum atomic E-state index is 12.8. The molecule has 0 unspecified atom stereocenters. The third-order valence-electron chi connectivity index (χ3n) is 5.35. The Labute approximate surface area is 182 Å². The van der Waals surface area contributed by atoms with Crippen LogP contribution in [0.4, 0.5) is 0 Å². The number of aryl methyl sites for hydroxylation is 1. The van der Waals surface area contributed by atoms with Gasteiger partial charge in [0.2, 0.25) is 0 Å². The highest BCUT2D eigenvalue weighted by molar-refractivity contribution is 5.93. The summed E-state index contributed by atoms with van der Waals surface area (Å²) in [7, 11) is 1.65. The topological polar surface area (TPSA) is 56.1 Å². The first-order chi connectivity index (χ1) is 15.2. The second-order valence-corrected chi connectivity index (χ2v) is 7.33. The van der Waals surface area contributed by atoms with Crippen molar-refractivity contribution in [1.29, 1.82) is 0 Å². The third-order valence-corrected chi connectivity index (χ3v) is 5.35. The molecule has 0 bridgehead atoms. The molecular formula is C26H25N3O2. The highest BCUT2D eigenvalue weighted by Gasteiger charge is 2.13. The zero-order valence-electron chi connectivity index (χ0n) is 17.7. The van der Waals surface area contributed by atoms with E-state index < -0.39 is 0 Å². The number of ether oxygens (including phenoxy) is 1. The molecule has 0 aliphatic rings. The molecule has 0 saturated carbocycles. The molecule has 1 heterocycles. The van der Waals surface area contributed by atoms with Gasteiger partial charge in [-0.1, -0.05) is 54.6 Å². The molecule has 31 heavy (non-hydrogen) atoms. The van der Waals surface area contributed by atoms with Crippen LogP contribution >= 0.6 is 0 Å². The number of nitrogens with zero attached hydrogens (tertiary/aromatic N) is 2. The molecule has 4 aromatic rings. The van der Waals surface area contributed by atoms with E-state index in [9.17, 15) is 4.79 Å². The molecule has 0 aliphatic heterocycles. The summed E-state index contributed by atoms with van der Waals surface area (Å²) in [6.07, 6.45) is 3.95. The van der Waals surface area contributed by atoms with E-state index in [0.29, 0.717) is 18.7 Å². The van der Waals surface area contributed by atoms with Crippen molar-refractivity contribution in [3.8, 4) is 22.6 Å². The lowest BCUT2D eigenvalue weighted by atomic mass is 10.0. The molecule has 0 spiro atoms. The first kappa shape index (κ1) is 20.4. The molecule has 3 aromatic carbocycles. The summed E-state index contributed by atoms with van der Waals surface area (Å²) < 4.78 is 7.18. The average molecular weight is 412 g/mol. The van der Waals surface area contributed by atoms with Gasteiger partial charge in [0.05, 0.1) is 19.6 Å². The monoisotopic (exact) mass is 411 g/mol. The Hall–Kier alpha value is -3.86. The molecule has 0 radical (unpaired) electrons. The first-order valence-corrected chi connectivity index (χ1v) is 10.3. The van der Waals surface area contributed by atoms with E-state index in [1.54, 1.807) is 24.2 Å². The maximum absolute atomic E-state index is 12.8. The smallest absolute Gasteiger partial charge is 0.269 e. The molecule has 1 aromatic heterocycles. The zero-order valence-corrected chi connectivity index (χ0v) is 17.7. The van der Waals surface area contributed by atoms with Crippen LogP contribution in [0.5, 0.6) is 5.75 Å². The number of aromatic nitrogens is 2. The standard InChI is InChI=1S/C26H25N3O2/c1-19-7-3-5-9-23(19)20-11-13-22(14-12-20)29-18-27-17-24(29)26(30)28-16-15-21-8-4-6-10-25(21)31-2/h3-14,17-18H,15-16H2,1-2H3,(H,28,30). The Morgan fingerprint density at radius 3 is 2.52 bits per heavy atom. The van der Waals surface area contributed by atoms with Gasteiger partial charge in [-0.15, -0.1) is 0 Å². The number of amides is 1. The summed E-state index contributed by atoms with van der Waals surface area (Å²) in [6.45, 7) is 2.61. The zero-order chi connectivity index (χ0) is 21.6. The van der Waals surface area contributed by atoms with Gasteiger partial charge < -0.3 is 10.1 Å². The number of carbonyl (C=O) groups is 1. The minimum Gasteiger partial charge on any atom is -0.496 e. The SMILES string of the molecule is COc1ccccc1CCNC(=O)c1cncn1-c1ccc(-c2ccccc2C)cc1. The summed E-state index contributed by atoms with van der Waals surface area (Å²) in [5.74, 6) is 0.672. The predicted octanol–water partition coefficient (Wildman–Crippen LogP) is 4.83. The highest BCUT2D eigenvalue weighted by atomic mass is 16.5. The average Bonchev–Trinajstić information content (AvgIpc) is 3.30. The normalized spacial score (nSPS) is 10.6. The van der Waals surface area contributed by atoms with Crippen LogP contribution in [-0.2, 0) is 6.42 Å². The van der Waals surface area contributed by atoms with E-state index in [4.69, 9.17) is 4.74 Å². The lowest BCUT2D eigenvalue weighted by Crippen LogP contribution is -2.27. The molecule has 1 N–H and O–H groups in total. The number of hydrogen-bond acceptors (Lipinski definition) is 3. The van der Waals surface area contributed by atoms with Crippen molar-refractivity contribution in [1.82, 2.24) is 14.9 Å². The van der Waals surface area contributed by atoms with Crippen molar-refractivity contribution in [2.45, 2.75) is 13.3 Å². The van der Waals surface area contributed by atoms with E-state index >= 15 is 0 Å². The van der Waals surface area contributed by atoms with E-state index in [-0.39, 0.29) is 5.91 Å². The summed E-state index contributed by atoms with van der Waals surface area (Å²) in [5, 5.41) is 2.98. The van der Waals surface area contributed by atoms with E-state index in [1.807, 2.05) is 48.5 Å². The molecule has 0 atom stereocenters. The van der Waals surface area contributed by atoms with Gasteiger partial charge in [0.25, 0.3) is 5.91 Å². The summed E-state index contributed by atoms with van der Waals surface area (Å²) in [6, 6.07) is 24.3. The van der Waals surface area contributed by atoms with E-state index in [1.165, 1.54) is 11.1 Å². The van der Waals surface area contributed by atoms with E-state index in [2.05, 4.69) is 41.5 Å². The molecule has 5 nitrogen and oxygen atoms in total. The van der Waals surface area contributed by atoms with Gasteiger partial charge in [0.1, 0.15) is 11.4 Å². The predicted molar refractivity (Wildman–Crippen MR) is 123 cm³/mol. The third kappa shape index (κ3) is 4.51. The molecular weight excluding hydrogens is 386 g/mol. The van der Waals surface area contributed by atoms with Crippen molar-refractivity contribution in [2.24, 2.45) is 0 Å². The number of methoxy groups -OCH3 is 1. The van der Waals surface area contributed by atoms with Gasteiger partial charge in [-0.25, -0.2) is 4.98 Å². The molecule has 0 aliphatic carbocycles. The van der Waals surface area contributed by atoms with Crippen molar-refractivity contribution in [2.75, 3.05) is 13.7 Å². The lowest BCUT2D eigenvalue weighted by Gasteiger charge is -2.11. The fourth-order valence-electron chi connectivity index (χ4n) is 3.68. The summed E-state index contributed by atoms with van der Waals surface area (Å²) >= 11 is 0. The van der Waals surface area contributed by atoms with Crippen LogP contribution in [0.15, 0.2) is 85.3 Å². The summed E-state index contributed by atoms with van der Waals surface area (Å²) in [4.78, 5) is 17.0. The van der Waals surface area contributed by atoms with Crippen molar-refractivity contribution < 1.29 is 9.53 Å². The Morgan fingerprint density at radius 2 is 1.74 bits per heavy atom. The van der Waals surface area contributed by atoms with Crippen molar-refractivity contribution >= 4 is 5.91 Å². The van der Waals surface area contributed by atoms with Crippen LogP contribution in [0.2, 0.25) is 0 Å². The fraction of sp³-hybridized carbons (Fsp3) is 0.154. The van der Waals surface area contributed by atoms with Gasteiger partial charge in [-0.3, -0.25) is 9.36 Å². The van der Waals surface area contributed by atoms with Crippen LogP contribution < -0.4 is 10.1 Å². The van der Waals surface area contributed by atoms with Gasteiger partial charge in [0.15, 0.2) is 0 Å². The minimum atomic E-state index is -0.157. The largest absolute Gasteiger partial charge is 0.496 e. The Bertz CT molecular complexity index is 1180. The van der Waals surface area contributed by atoms with E-state index in [0.717, 1.165) is 22.6 Å². The number of carbonyl (C=O) groups excluding carboxylic acids is 1. The van der Waals surface area contributed by atoms with Crippen LogP contribution in [0.3, 0.4) is 0 Å². The molecule has 4 rings (SSSR count). The van der Waals surface area contributed by atoms with Crippen LogP contribution in [0.1, 0.15) is 21.6 Å². The number of nitrogens with one attached hydrogen (secondary N) is 1. The van der Waals surface area contributed by atoms with Crippen molar-refractivity contribution in [3.63, 3.8) is 0 Å². The number of para-hydroxylation sites is 1. The number of rotatable bonds is 7. The Morgan fingerprint density at radius 1 is 1.00 bits per heavy atom. The summed E-state index contributed by atoms with van der Waals surface area (Å²) in [5.41, 5.74) is 6.03. The fourth-order valence-corrected chi connectivity index (χ4v) is 3.68. The number of benzene rings is 3. The molecule has 0 saturated heterocycles. The number of hydrogen-bond donors (Lipinski definition) is 1. The van der Waals surface area contributed by atoms with Gasteiger partial charge in [-0.2, -0.15) is 0 Å². The minimum absolute atomic E-state index is 0.157. The van der Waals surface area contributed by atoms with Gasteiger partial charge >= 0.3 is 0 Å². The molecule has 156 valence electrons. The maximum Gasteiger partial charge on any atom is 0.269 e. The van der Waals surface area contributed by atoms with Crippen LogP contribution in [0.25, 0.3) is 16.8 Å². The van der Waals surface area contributed by atoms with Crippen LogP contribution in [-0.4, -0.2) is 29.1 Å². The van der Waals surface area contributed by atoms with Crippen LogP contribution in [0, 0.1) is 6.92 Å². The molecule has 1 amide bonds. The highest BCUT2D eigenvalue weighted by Crippen LogP contribution is 2.24. The second-order valence-electron chi connectivity index (χ2n) is 7.33. The van der Waals surface area contributed by atoms with Gasteiger partial charge in [0, 0.05) is 12.2 Å².